The molecule has 0 saturated heterocycles. The summed E-state index contributed by atoms with van der Waals surface area (Å²) >= 11 is 3.55. The number of rotatable bonds is 7. The van der Waals surface area contributed by atoms with Crippen LogP contribution in [-0.2, 0) is 14.3 Å². The number of hydrogen-bond donors (Lipinski definition) is 1. The number of ether oxygens (including phenoxy) is 4. The smallest absolute Gasteiger partial charge is 0.337 e. The van der Waals surface area contributed by atoms with E-state index in [4.69, 9.17) is 18.9 Å². The summed E-state index contributed by atoms with van der Waals surface area (Å²) in [5, 5.41) is 3.38. The first-order chi connectivity index (χ1) is 17.7. The van der Waals surface area contributed by atoms with Gasteiger partial charge in [-0.3, -0.25) is 4.79 Å². The number of hydrogen-bond acceptors (Lipinski definition) is 7. The van der Waals surface area contributed by atoms with Crippen LogP contribution in [-0.4, -0.2) is 39.2 Å². The lowest BCUT2D eigenvalue weighted by atomic mass is 9.71. The molecule has 1 heterocycles. The molecule has 2 aliphatic rings. The molecule has 0 fully saturated rings. The van der Waals surface area contributed by atoms with Crippen molar-refractivity contribution in [2.45, 2.75) is 51.6 Å². The Morgan fingerprint density at radius 2 is 1.65 bits per heavy atom. The Hall–Kier alpha value is -3.26. The maximum Gasteiger partial charge on any atom is 0.337 e. The van der Waals surface area contributed by atoms with Crippen molar-refractivity contribution in [3.05, 3.63) is 74.5 Å². The second-order valence-electron chi connectivity index (χ2n) is 9.47. The molecule has 2 atom stereocenters. The Kier molecular flexibility index (Phi) is 7.97. The molecule has 2 aromatic carbocycles. The zero-order chi connectivity index (χ0) is 26.9. The summed E-state index contributed by atoms with van der Waals surface area (Å²) < 4.78 is 23.0. The van der Waals surface area contributed by atoms with Crippen LogP contribution in [0.25, 0.3) is 0 Å². The Balaban J connectivity index is 1.83. The van der Waals surface area contributed by atoms with E-state index in [9.17, 15) is 9.59 Å². The molecule has 37 heavy (non-hydrogen) atoms. The number of allylic oxidation sites excluding steroid dienone is 3. The molecule has 0 amide bonds. The summed E-state index contributed by atoms with van der Waals surface area (Å²) in [6, 6.07) is 11.4. The van der Waals surface area contributed by atoms with E-state index in [1.165, 1.54) is 0 Å². The average molecular weight is 570 g/mol. The predicted molar refractivity (Wildman–Crippen MR) is 144 cm³/mol. The molecule has 1 aliphatic heterocycles. The topological polar surface area (TPSA) is 83.1 Å². The zero-order valence-corrected chi connectivity index (χ0v) is 23.5. The van der Waals surface area contributed by atoms with Crippen molar-refractivity contribution < 1.29 is 28.5 Å². The largest absolute Gasteiger partial charge is 0.496 e. The van der Waals surface area contributed by atoms with Gasteiger partial charge in [0.15, 0.2) is 17.3 Å². The number of carbonyl (C=O) groups is 2. The first-order valence-electron chi connectivity index (χ1n) is 12.2. The van der Waals surface area contributed by atoms with Gasteiger partial charge in [-0.05, 0) is 69.0 Å². The third-order valence-electron chi connectivity index (χ3n) is 6.77. The molecule has 0 saturated carbocycles. The second-order valence-corrected chi connectivity index (χ2v) is 10.4. The Morgan fingerprint density at radius 1 is 0.973 bits per heavy atom. The highest BCUT2D eigenvalue weighted by molar-refractivity contribution is 9.10. The summed E-state index contributed by atoms with van der Waals surface area (Å²) in [5.74, 6) is 0.707. The molecule has 1 aliphatic carbocycles. The number of dihydropyridines is 1. The summed E-state index contributed by atoms with van der Waals surface area (Å²) in [5.41, 5.74) is 4.19. The molecule has 0 unspecified atom stereocenters. The van der Waals surface area contributed by atoms with Crippen molar-refractivity contribution in [2.24, 2.45) is 0 Å². The van der Waals surface area contributed by atoms with Gasteiger partial charge in [0.25, 0.3) is 0 Å². The van der Waals surface area contributed by atoms with E-state index >= 15 is 0 Å². The van der Waals surface area contributed by atoms with Crippen molar-refractivity contribution in [2.75, 3.05) is 21.3 Å². The third-order valence-corrected chi connectivity index (χ3v) is 7.27. The van der Waals surface area contributed by atoms with E-state index < -0.39 is 11.9 Å². The molecule has 1 N–H and O–H groups in total. The number of benzene rings is 2. The maximum atomic E-state index is 13.9. The van der Waals surface area contributed by atoms with Crippen LogP contribution in [0, 0.1) is 0 Å². The highest BCUT2D eigenvalue weighted by atomic mass is 79.9. The van der Waals surface area contributed by atoms with Crippen LogP contribution in [0.3, 0.4) is 0 Å². The van der Waals surface area contributed by atoms with Crippen LogP contribution in [0.5, 0.6) is 17.2 Å². The highest BCUT2D eigenvalue weighted by Crippen LogP contribution is 2.48. The lowest BCUT2D eigenvalue weighted by Gasteiger charge is -2.37. The fraction of sp³-hybridized carbons (Fsp3) is 0.379. The van der Waals surface area contributed by atoms with Gasteiger partial charge in [0.05, 0.1) is 38.9 Å². The summed E-state index contributed by atoms with van der Waals surface area (Å²) in [7, 11) is 4.78. The first kappa shape index (κ1) is 26.8. The van der Waals surface area contributed by atoms with Gasteiger partial charge in [-0.25, -0.2) is 4.79 Å². The van der Waals surface area contributed by atoms with Gasteiger partial charge in [-0.2, -0.15) is 0 Å². The minimum atomic E-state index is -0.617. The predicted octanol–water partition coefficient (Wildman–Crippen LogP) is 5.79. The lowest BCUT2D eigenvalue weighted by molar-refractivity contribution is -0.143. The summed E-state index contributed by atoms with van der Waals surface area (Å²) in [6.45, 7) is 5.47. The van der Waals surface area contributed by atoms with Crippen LogP contribution >= 0.6 is 15.9 Å². The molecule has 2 aromatic rings. The molecule has 196 valence electrons. The van der Waals surface area contributed by atoms with E-state index in [1.54, 1.807) is 21.3 Å². The van der Waals surface area contributed by atoms with Crippen LogP contribution < -0.4 is 19.5 Å². The van der Waals surface area contributed by atoms with Gasteiger partial charge in [0.2, 0.25) is 0 Å². The van der Waals surface area contributed by atoms with Crippen molar-refractivity contribution in [3.8, 4) is 17.2 Å². The second kappa shape index (κ2) is 11.0. The molecular weight excluding hydrogens is 538 g/mol. The van der Waals surface area contributed by atoms with Gasteiger partial charge in [0.1, 0.15) is 5.75 Å². The van der Waals surface area contributed by atoms with Gasteiger partial charge >= 0.3 is 5.97 Å². The normalized spacial score (nSPS) is 19.4. The number of esters is 1. The first-order valence-corrected chi connectivity index (χ1v) is 13.0. The number of carbonyl (C=O) groups excluding carboxylic acids is 2. The van der Waals surface area contributed by atoms with Crippen LogP contribution in [0.1, 0.15) is 56.6 Å². The molecule has 0 radical (unpaired) electrons. The minimum absolute atomic E-state index is 0.0251. The summed E-state index contributed by atoms with van der Waals surface area (Å²) in [4.78, 5) is 27.2. The minimum Gasteiger partial charge on any atom is -0.496 e. The van der Waals surface area contributed by atoms with Gasteiger partial charge in [-0.1, -0.05) is 22.0 Å². The Labute approximate surface area is 225 Å². The SMILES string of the molecule is COc1ccc([C@H]2CC(=O)C3=C(C2)NC(C)=C(C(=O)OC(C)C)[C@@H]3c2cc(Br)ccc2OC)cc1OC. The highest BCUT2D eigenvalue weighted by Gasteiger charge is 2.42. The van der Waals surface area contributed by atoms with Crippen molar-refractivity contribution >= 4 is 27.7 Å². The molecule has 7 nitrogen and oxygen atoms in total. The fourth-order valence-corrected chi connectivity index (χ4v) is 5.55. The zero-order valence-electron chi connectivity index (χ0n) is 21.9. The number of Topliss-reactive ketones (excluding diaryl/α,β-unsaturated/α-hetero) is 1. The lowest BCUT2D eigenvalue weighted by Crippen LogP contribution is -2.36. The number of methoxy groups -OCH3 is 3. The average Bonchev–Trinajstić information content (AvgIpc) is 2.86. The monoisotopic (exact) mass is 569 g/mol. The third kappa shape index (κ3) is 5.25. The molecular formula is C29H32BrNO6. The quantitative estimate of drug-likeness (QED) is 0.422. The van der Waals surface area contributed by atoms with Gasteiger partial charge in [-0.15, -0.1) is 0 Å². The fourth-order valence-electron chi connectivity index (χ4n) is 5.17. The summed E-state index contributed by atoms with van der Waals surface area (Å²) in [6.07, 6.45) is 0.603. The van der Waals surface area contributed by atoms with E-state index in [0.717, 1.165) is 21.3 Å². The van der Waals surface area contributed by atoms with E-state index in [2.05, 4.69) is 21.2 Å². The van der Waals surface area contributed by atoms with Crippen LogP contribution in [0.4, 0.5) is 0 Å². The standard InChI is InChI=1S/C29H32BrNO6/c1-15(2)37-29(33)26-16(3)31-21-11-18(17-7-9-24(35-5)25(13-17)36-6)12-22(32)28(21)27(26)20-14-19(30)8-10-23(20)34-4/h7-10,13-15,18,27,31H,11-12H2,1-6H3/t18-,27+/m1/s1. The number of ketones is 1. The van der Waals surface area contributed by atoms with Crippen LogP contribution in [0.2, 0.25) is 0 Å². The number of nitrogens with one attached hydrogen (secondary N) is 1. The molecule has 4 rings (SSSR count). The van der Waals surface area contributed by atoms with Crippen molar-refractivity contribution in [1.29, 1.82) is 0 Å². The molecule has 0 spiro atoms. The molecule has 0 aromatic heterocycles. The van der Waals surface area contributed by atoms with Gasteiger partial charge in [0, 0.05) is 33.4 Å². The number of halogens is 1. The van der Waals surface area contributed by atoms with Gasteiger partial charge < -0.3 is 24.3 Å². The Bertz CT molecular complexity index is 1300. The molecule has 0 bridgehead atoms. The maximum absolute atomic E-state index is 13.9. The van der Waals surface area contributed by atoms with E-state index in [0.29, 0.717) is 46.9 Å². The van der Waals surface area contributed by atoms with Crippen LogP contribution in [0.15, 0.2) is 63.4 Å². The molecule has 8 heteroatoms. The van der Waals surface area contributed by atoms with E-state index in [1.807, 2.05) is 57.2 Å². The Morgan fingerprint density at radius 3 is 2.30 bits per heavy atom. The van der Waals surface area contributed by atoms with Crippen molar-refractivity contribution in [1.82, 2.24) is 5.32 Å². The van der Waals surface area contributed by atoms with Crippen molar-refractivity contribution in [3.63, 3.8) is 0 Å². The van der Waals surface area contributed by atoms with E-state index in [-0.39, 0.29) is 17.8 Å².